The quantitative estimate of drug-likeness (QED) is 0.718. The topological polar surface area (TPSA) is 92.4 Å². The fourth-order valence-electron chi connectivity index (χ4n) is 3.39. The zero-order valence-corrected chi connectivity index (χ0v) is 13.5. The molecule has 0 unspecified atom stereocenters. The molecule has 5 nitrogen and oxygen atoms in total. The first-order valence-corrected chi connectivity index (χ1v) is 8.31. The second-order valence-corrected chi connectivity index (χ2v) is 6.59. The maximum atomic E-state index is 12.4. The predicted octanol–water partition coefficient (Wildman–Crippen LogP) is 2.10. The number of aliphatic carboxylic acids is 1. The summed E-state index contributed by atoms with van der Waals surface area (Å²) < 4.78 is 0. The summed E-state index contributed by atoms with van der Waals surface area (Å²) in [5.74, 6) is -1.21. The van der Waals surface area contributed by atoms with Gasteiger partial charge in [-0.15, -0.1) is 0 Å². The molecule has 126 valence electrons. The van der Waals surface area contributed by atoms with E-state index in [0.29, 0.717) is 13.0 Å². The Morgan fingerprint density at radius 2 is 1.83 bits per heavy atom. The molecule has 2 rings (SSSR count). The summed E-state index contributed by atoms with van der Waals surface area (Å²) in [4.78, 5) is 23.8. The van der Waals surface area contributed by atoms with E-state index in [1.54, 1.807) is 0 Å². The van der Waals surface area contributed by atoms with Crippen LogP contribution in [0.15, 0.2) is 30.3 Å². The van der Waals surface area contributed by atoms with Gasteiger partial charge < -0.3 is 16.2 Å². The van der Waals surface area contributed by atoms with Crippen molar-refractivity contribution in [1.82, 2.24) is 5.32 Å². The van der Waals surface area contributed by atoms with Gasteiger partial charge in [0.15, 0.2) is 0 Å². The standard InChI is InChI=1S/C18H26N2O3/c19-13-18(9-5-2-6-10-18)12-16(21)20-15(17(22)23)11-14-7-3-1-4-8-14/h1,3-4,7-8,15H,2,5-6,9-13,19H2,(H,20,21)(H,22,23)/t15-/m0/s1. The third-order valence-electron chi connectivity index (χ3n) is 4.80. The van der Waals surface area contributed by atoms with E-state index in [4.69, 9.17) is 5.73 Å². The van der Waals surface area contributed by atoms with E-state index in [9.17, 15) is 14.7 Å². The van der Waals surface area contributed by atoms with Gasteiger partial charge >= 0.3 is 5.97 Å². The molecule has 1 amide bonds. The van der Waals surface area contributed by atoms with Gasteiger partial charge in [-0.2, -0.15) is 0 Å². The summed E-state index contributed by atoms with van der Waals surface area (Å²) in [7, 11) is 0. The van der Waals surface area contributed by atoms with Gasteiger partial charge in [0, 0.05) is 12.8 Å². The van der Waals surface area contributed by atoms with Gasteiger partial charge in [-0.3, -0.25) is 4.79 Å². The summed E-state index contributed by atoms with van der Waals surface area (Å²) in [5, 5.41) is 12.0. The van der Waals surface area contributed by atoms with E-state index in [0.717, 1.165) is 31.2 Å². The molecule has 4 N–H and O–H groups in total. The molecule has 0 saturated heterocycles. The van der Waals surface area contributed by atoms with E-state index in [-0.39, 0.29) is 17.7 Å². The summed E-state index contributed by atoms with van der Waals surface area (Å²) >= 11 is 0. The molecule has 0 spiro atoms. The average molecular weight is 318 g/mol. The third-order valence-corrected chi connectivity index (χ3v) is 4.80. The Labute approximate surface area is 137 Å². The second-order valence-electron chi connectivity index (χ2n) is 6.59. The van der Waals surface area contributed by atoms with Crippen LogP contribution >= 0.6 is 0 Å². The monoisotopic (exact) mass is 318 g/mol. The highest BCUT2D eigenvalue weighted by Crippen LogP contribution is 2.38. The molecule has 23 heavy (non-hydrogen) atoms. The van der Waals surface area contributed by atoms with E-state index >= 15 is 0 Å². The number of carboxylic acid groups (broad SMARTS) is 1. The van der Waals surface area contributed by atoms with Gasteiger partial charge in [0.25, 0.3) is 0 Å². The highest BCUT2D eigenvalue weighted by Gasteiger charge is 2.34. The van der Waals surface area contributed by atoms with E-state index in [1.165, 1.54) is 6.42 Å². The molecule has 1 atom stereocenters. The van der Waals surface area contributed by atoms with Gasteiger partial charge in [-0.25, -0.2) is 4.79 Å². The van der Waals surface area contributed by atoms with E-state index in [2.05, 4.69) is 5.32 Å². The van der Waals surface area contributed by atoms with Crippen molar-refractivity contribution in [2.24, 2.45) is 11.1 Å². The molecule has 1 saturated carbocycles. The number of amides is 1. The molecule has 1 aliphatic carbocycles. The normalized spacial score (nSPS) is 18.1. The van der Waals surface area contributed by atoms with E-state index < -0.39 is 12.0 Å². The first-order valence-electron chi connectivity index (χ1n) is 8.31. The zero-order valence-electron chi connectivity index (χ0n) is 13.5. The molecular formula is C18H26N2O3. The number of carbonyl (C=O) groups excluding carboxylic acids is 1. The molecule has 5 heteroatoms. The molecule has 0 radical (unpaired) electrons. The van der Waals surface area contributed by atoms with Crippen molar-refractivity contribution in [2.45, 2.75) is 51.0 Å². The lowest BCUT2D eigenvalue weighted by atomic mass is 9.71. The maximum absolute atomic E-state index is 12.4. The van der Waals surface area contributed by atoms with Crippen LogP contribution in [0.2, 0.25) is 0 Å². The minimum absolute atomic E-state index is 0.155. The van der Waals surface area contributed by atoms with Gasteiger partial charge in [0.1, 0.15) is 6.04 Å². The Morgan fingerprint density at radius 3 is 2.39 bits per heavy atom. The van der Waals surface area contributed by atoms with Crippen LogP contribution in [0.4, 0.5) is 0 Å². The smallest absolute Gasteiger partial charge is 0.326 e. The van der Waals surface area contributed by atoms with Gasteiger partial charge in [0.2, 0.25) is 5.91 Å². The summed E-state index contributed by atoms with van der Waals surface area (Å²) in [6.45, 7) is 0.483. The van der Waals surface area contributed by atoms with Crippen molar-refractivity contribution in [2.75, 3.05) is 6.54 Å². The molecular weight excluding hydrogens is 292 g/mol. The predicted molar refractivity (Wildman–Crippen MR) is 88.9 cm³/mol. The lowest BCUT2D eigenvalue weighted by Crippen LogP contribution is -2.45. The Morgan fingerprint density at radius 1 is 1.17 bits per heavy atom. The van der Waals surface area contributed by atoms with Crippen LogP contribution in [0.3, 0.4) is 0 Å². The molecule has 0 aromatic heterocycles. The van der Waals surface area contributed by atoms with Crippen molar-refractivity contribution in [3.63, 3.8) is 0 Å². The Hall–Kier alpha value is -1.88. The van der Waals surface area contributed by atoms with Crippen molar-refractivity contribution in [3.8, 4) is 0 Å². The number of carboxylic acids is 1. The fourth-order valence-corrected chi connectivity index (χ4v) is 3.39. The zero-order chi connectivity index (χ0) is 16.7. The SMILES string of the molecule is NCC1(CC(=O)N[C@@H](Cc2ccccc2)C(=O)O)CCCCC1. The first-order chi connectivity index (χ1) is 11.0. The highest BCUT2D eigenvalue weighted by molar-refractivity contribution is 5.84. The van der Waals surface area contributed by atoms with Crippen LogP contribution in [0.25, 0.3) is 0 Å². The van der Waals surface area contributed by atoms with Gasteiger partial charge in [-0.1, -0.05) is 49.6 Å². The summed E-state index contributed by atoms with van der Waals surface area (Å²) in [6, 6.07) is 8.44. The third kappa shape index (κ3) is 5.06. The van der Waals surface area contributed by atoms with Crippen LogP contribution in [-0.2, 0) is 16.0 Å². The molecule has 0 bridgehead atoms. The lowest BCUT2D eigenvalue weighted by molar-refractivity contribution is -0.142. The number of nitrogens with two attached hydrogens (primary N) is 1. The number of hydrogen-bond donors (Lipinski definition) is 3. The van der Waals surface area contributed by atoms with Crippen LogP contribution in [0.1, 0.15) is 44.1 Å². The van der Waals surface area contributed by atoms with Gasteiger partial charge in [-0.05, 0) is 30.4 Å². The van der Waals surface area contributed by atoms with Crippen LogP contribution < -0.4 is 11.1 Å². The van der Waals surface area contributed by atoms with Crippen molar-refractivity contribution in [3.05, 3.63) is 35.9 Å². The molecule has 1 aliphatic rings. The number of carbonyl (C=O) groups is 2. The molecule has 1 aromatic rings. The number of hydrogen-bond acceptors (Lipinski definition) is 3. The highest BCUT2D eigenvalue weighted by atomic mass is 16.4. The van der Waals surface area contributed by atoms with Crippen LogP contribution in [0, 0.1) is 5.41 Å². The lowest BCUT2D eigenvalue weighted by Gasteiger charge is -2.36. The Balaban J connectivity index is 1.96. The molecule has 1 fully saturated rings. The second kappa shape index (κ2) is 8.11. The number of nitrogens with one attached hydrogen (secondary N) is 1. The largest absolute Gasteiger partial charge is 0.480 e. The van der Waals surface area contributed by atoms with Crippen molar-refractivity contribution < 1.29 is 14.7 Å². The minimum Gasteiger partial charge on any atom is -0.480 e. The summed E-state index contributed by atoms with van der Waals surface area (Å²) in [6.07, 6.45) is 5.89. The Bertz CT molecular complexity index is 524. The molecule has 0 heterocycles. The number of benzene rings is 1. The first kappa shape index (κ1) is 17.5. The Kier molecular flexibility index (Phi) is 6.16. The molecule has 0 aliphatic heterocycles. The number of rotatable bonds is 7. The van der Waals surface area contributed by atoms with Crippen molar-refractivity contribution in [1.29, 1.82) is 0 Å². The maximum Gasteiger partial charge on any atom is 0.326 e. The summed E-state index contributed by atoms with van der Waals surface area (Å²) in [5.41, 5.74) is 6.64. The van der Waals surface area contributed by atoms with E-state index in [1.807, 2.05) is 30.3 Å². The molecule has 1 aromatic carbocycles. The van der Waals surface area contributed by atoms with Crippen LogP contribution in [0.5, 0.6) is 0 Å². The fraction of sp³-hybridized carbons (Fsp3) is 0.556. The average Bonchev–Trinajstić information content (AvgIpc) is 2.56. The minimum atomic E-state index is -1.01. The van der Waals surface area contributed by atoms with Crippen LogP contribution in [-0.4, -0.2) is 29.6 Å². The van der Waals surface area contributed by atoms with Crippen molar-refractivity contribution >= 4 is 11.9 Å². The van der Waals surface area contributed by atoms with Gasteiger partial charge in [0.05, 0.1) is 0 Å².